The van der Waals surface area contributed by atoms with Crippen molar-refractivity contribution in [3.8, 4) is 6.07 Å². The molecule has 7 nitrogen and oxygen atoms in total. The number of nitrogens with one attached hydrogen (secondary N) is 1. The number of ether oxygens (including phenoxy) is 1. The molecule has 1 unspecified atom stereocenters. The monoisotopic (exact) mass is 423 g/mol. The molecule has 0 radical (unpaired) electrons. The average Bonchev–Trinajstić information content (AvgIpc) is 2.73. The van der Waals surface area contributed by atoms with Crippen molar-refractivity contribution in [2.24, 2.45) is 0 Å². The molecule has 1 N–H and O–H groups in total. The molecule has 0 saturated carbocycles. The first-order valence-corrected chi connectivity index (χ1v) is 9.54. The lowest BCUT2D eigenvalue weighted by Gasteiger charge is -2.30. The van der Waals surface area contributed by atoms with Crippen LogP contribution in [-0.2, 0) is 9.53 Å². The van der Waals surface area contributed by atoms with Gasteiger partial charge in [-0.2, -0.15) is 5.26 Å². The summed E-state index contributed by atoms with van der Waals surface area (Å²) in [7, 11) is 0. The second-order valence-corrected chi connectivity index (χ2v) is 7.01. The van der Waals surface area contributed by atoms with Crippen LogP contribution in [0.25, 0.3) is 5.70 Å². The van der Waals surface area contributed by atoms with Crippen molar-refractivity contribution >= 4 is 29.0 Å². The average molecular weight is 424 g/mol. The molecule has 1 heterocycles. The van der Waals surface area contributed by atoms with Gasteiger partial charge in [0.05, 0.1) is 40.4 Å². The Labute approximate surface area is 178 Å². The SMILES string of the molecule is CCOC(=O)C1=C(c2ccc([N+](=O)[O-])cc2)NC(C)=C(C#N)C1c1ccc(Cl)cc1. The molecule has 0 fully saturated rings. The number of carbonyl (C=O) groups is 1. The van der Waals surface area contributed by atoms with Crippen molar-refractivity contribution in [2.75, 3.05) is 6.61 Å². The predicted octanol–water partition coefficient (Wildman–Crippen LogP) is 4.71. The second-order valence-electron chi connectivity index (χ2n) is 6.57. The number of dihydropyridines is 1. The maximum absolute atomic E-state index is 13.0. The number of allylic oxidation sites excluding steroid dienone is 2. The van der Waals surface area contributed by atoms with Gasteiger partial charge in [0.2, 0.25) is 0 Å². The lowest BCUT2D eigenvalue weighted by molar-refractivity contribution is -0.384. The van der Waals surface area contributed by atoms with E-state index in [0.29, 0.717) is 33.1 Å². The van der Waals surface area contributed by atoms with Gasteiger partial charge >= 0.3 is 5.97 Å². The van der Waals surface area contributed by atoms with E-state index in [0.717, 1.165) is 0 Å². The zero-order valence-corrected chi connectivity index (χ0v) is 17.1. The molecule has 152 valence electrons. The molecule has 3 rings (SSSR count). The van der Waals surface area contributed by atoms with Crippen LogP contribution in [0.1, 0.15) is 30.9 Å². The highest BCUT2D eigenvalue weighted by atomic mass is 35.5. The number of non-ortho nitro benzene ring substituents is 1. The molecular formula is C22H18ClN3O4. The number of nitriles is 1. The number of esters is 1. The van der Waals surface area contributed by atoms with Gasteiger partial charge in [0.15, 0.2) is 0 Å². The Balaban J connectivity index is 2.25. The summed E-state index contributed by atoms with van der Waals surface area (Å²) in [5.41, 5.74) is 2.88. The molecule has 2 aromatic carbocycles. The van der Waals surface area contributed by atoms with Gasteiger partial charge < -0.3 is 10.1 Å². The number of halogens is 1. The van der Waals surface area contributed by atoms with Gasteiger partial charge in [0.1, 0.15) is 0 Å². The molecule has 30 heavy (non-hydrogen) atoms. The highest BCUT2D eigenvalue weighted by Crippen LogP contribution is 2.41. The first-order valence-electron chi connectivity index (χ1n) is 9.16. The van der Waals surface area contributed by atoms with Gasteiger partial charge in [-0.25, -0.2) is 4.79 Å². The fraction of sp³-hybridized carbons (Fsp3) is 0.182. The van der Waals surface area contributed by atoms with Crippen LogP contribution >= 0.6 is 11.6 Å². The Kier molecular flexibility index (Phi) is 6.19. The van der Waals surface area contributed by atoms with Gasteiger partial charge in [0.25, 0.3) is 5.69 Å². The normalized spacial score (nSPS) is 16.0. The molecule has 0 aromatic heterocycles. The molecule has 1 atom stereocenters. The van der Waals surface area contributed by atoms with Gasteiger partial charge in [0, 0.05) is 22.9 Å². The van der Waals surface area contributed by atoms with E-state index in [1.54, 1.807) is 50.2 Å². The van der Waals surface area contributed by atoms with Crippen LogP contribution in [0.15, 0.2) is 65.4 Å². The van der Waals surface area contributed by atoms with E-state index in [1.165, 1.54) is 12.1 Å². The second kappa shape index (κ2) is 8.80. The van der Waals surface area contributed by atoms with Crippen molar-refractivity contribution in [3.05, 3.63) is 91.6 Å². The smallest absolute Gasteiger partial charge is 0.337 e. The number of nitro benzene ring substituents is 1. The van der Waals surface area contributed by atoms with E-state index < -0.39 is 16.8 Å². The summed E-state index contributed by atoms with van der Waals surface area (Å²) in [6.45, 7) is 3.60. The molecular weight excluding hydrogens is 406 g/mol. The Hall–Kier alpha value is -3.63. The molecule has 0 saturated heterocycles. The summed E-state index contributed by atoms with van der Waals surface area (Å²) in [4.78, 5) is 23.5. The molecule has 8 heteroatoms. The van der Waals surface area contributed by atoms with Gasteiger partial charge in [-0.1, -0.05) is 23.7 Å². The van der Waals surface area contributed by atoms with E-state index >= 15 is 0 Å². The van der Waals surface area contributed by atoms with Crippen LogP contribution < -0.4 is 5.32 Å². The van der Waals surface area contributed by atoms with E-state index in [1.807, 2.05) is 0 Å². The summed E-state index contributed by atoms with van der Waals surface area (Å²) < 4.78 is 5.30. The molecule has 0 bridgehead atoms. The minimum atomic E-state index is -0.669. The van der Waals surface area contributed by atoms with Gasteiger partial charge in [-0.05, 0) is 49.2 Å². The number of hydrogen-bond donors (Lipinski definition) is 1. The fourth-order valence-electron chi connectivity index (χ4n) is 3.37. The van der Waals surface area contributed by atoms with E-state index in [9.17, 15) is 20.2 Å². The summed E-state index contributed by atoms with van der Waals surface area (Å²) in [6, 6.07) is 14.9. The summed E-state index contributed by atoms with van der Waals surface area (Å²) in [6.07, 6.45) is 0. The molecule has 0 spiro atoms. The molecule has 0 aliphatic carbocycles. The van der Waals surface area contributed by atoms with Crippen LogP contribution in [0.2, 0.25) is 5.02 Å². The molecule has 0 amide bonds. The highest BCUT2D eigenvalue weighted by Gasteiger charge is 2.36. The van der Waals surface area contributed by atoms with Crippen LogP contribution in [0.5, 0.6) is 0 Å². The summed E-state index contributed by atoms with van der Waals surface area (Å²) >= 11 is 6.02. The van der Waals surface area contributed by atoms with Crippen molar-refractivity contribution in [1.82, 2.24) is 5.32 Å². The van der Waals surface area contributed by atoms with E-state index in [4.69, 9.17) is 16.3 Å². The number of benzene rings is 2. The molecule has 1 aliphatic heterocycles. The standard InChI is InChI=1S/C22H18ClN3O4/c1-3-30-22(27)20-19(14-4-8-16(23)9-5-14)18(12-24)13(2)25-21(20)15-6-10-17(11-7-15)26(28)29/h4-11,19,25H,3H2,1-2H3. The minimum absolute atomic E-state index is 0.0629. The predicted molar refractivity (Wildman–Crippen MR) is 112 cm³/mol. The highest BCUT2D eigenvalue weighted by molar-refractivity contribution is 6.30. The number of carbonyl (C=O) groups excluding carboxylic acids is 1. The zero-order chi connectivity index (χ0) is 21.8. The van der Waals surface area contributed by atoms with Gasteiger partial charge in [-0.15, -0.1) is 0 Å². The Morgan fingerprint density at radius 1 is 1.23 bits per heavy atom. The third kappa shape index (κ3) is 4.04. The number of hydrogen-bond acceptors (Lipinski definition) is 6. The Bertz CT molecular complexity index is 1100. The van der Waals surface area contributed by atoms with Crippen molar-refractivity contribution in [3.63, 3.8) is 0 Å². The fourth-order valence-corrected chi connectivity index (χ4v) is 3.50. The van der Waals surface area contributed by atoms with E-state index in [2.05, 4.69) is 11.4 Å². The van der Waals surface area contributed by atoms with Crippen LogP contribution in [0.4, 0.5) is 5.69 Å². The number of nitro groups is 1. The van der Waals surface area contributed by atoms with Crippen molar-refractivity contribution in [1.29, 1.82) is 5.26 Å². The Morgan fingerprint density at radius 2 is 1.87 bits per heavy atom. The third-order valence-corrected chi connectivity index (χ3v) is 5.00. The first-order chi connectivity index (χ1) is 14.4. The van der Waals surface area contributed by atoms with Crippen LogP contribution in [0, 0.1) is 21.4 Å². The third-order valence-electron chi connectivity index (χ3n) is 4.75. The first kappa shape index (κ1) is 21.1. The molecule has 1 aliphatic rings. The largest absolute Gasteiger partial charge is 0.463 e. The Morgan fingerprint density at radius 3 is 2.40 bits per heavy atom. The van der Waals surface area contributed by atoms with Crippen molar-refractivity contribution < 1.29 is 14.5 Å². The lowest BCUT2D eigenvalue weighted by atomic mass is 9.80. The lowest BCUT2D eigenvalue weighted by Crippen LogP contribution is -2.29. The minimum Gasteiger partial charge on any atom is -0.463 e. The number of rotatable bonds is 5. The van der Waals surface area contributed by atoms with Gasteiger partial charge in [-0.3, -0.25) is 10.1 Å². The summed E-state index contributed by atoms with van der Waals surface area (Å²) in [5, 5.41) is 24.5. The maximum atomic E-state index is 13.0. The van der Waals surface area contributed by atoms with E-state index in [-0.39, 0.29) is 17.9 Å². The topological polar surface area (TPSA) is 105 Å². The van der Waals surface area contributed by atoms with Crippen LogP contribution in [-0.4, -0.2) is 17.5 Å². The maximum Gasteiger partial charge on any atom is 0.337 e. The number of nitrogens with zero attached hydrogens (tertiary/aromatic N) is 2. The van der Waals surface area contributed by atoms with Crippen LogP contribution in [0.3, 0.4) is 0 Å². The quantitative estimate of drug-likeness (QED) is 0.424. The molecule has 2 aromatic rings. The summed E-state index contributed by atoms with van der Waals surface area (Å²) in [5.74, 6) is -1.24. The zero-order valence-electron chi connectivity index (χ0n) is 16.3. The van der Waals surface area contributed by atoms with Crippen molar-refractivity contribution in [2.45, 2.75) is 19.8 Å².